The Morgan fingerprint density at radius 2 is 2.11 bits per heavy atom. The monoisotopic (exact) mass is 269 g/mol. The summed E-state index contributed by atoms with van der Waals surface area (Å²) in [5.74, 6) is -1.34. The molecule has 8 nitrogen and oxygen atoms in total. The maximum atomic E-state index is 11.9. The molecule has 106 valence electrons. The molecule has 4 N–H and O–H groups in total. The van der Waals surface area contributed by atoms with Crippen molar-refractivity contribution < 1.29 is 14.7 Å². The van der Waals surface area contributed by atoms with Gasteiger partial charge in [-0.25, -0.2) is 9.48 Å². The van der Waals surface area contributed by atoms with Crippen molar-refractivity contribution in [3.05, 3.63) is 11.9 Å². The summed E-state index contributed by atoms with van der Waals surface area (Å²) in [4.78, 5) is 22.5. The maximum Gasteiger partial charge on any atom is 0.358 e. The van der Waals surface area contributed by atoms with E-state index in [9.17, 15) is 9.59 Å². The van der Waals surface area contributed by atoms with E-state index in [1.807, 2.05) is 13.8 Å². The first-order valence-corrected chi connectivity index (χ1v) is 6.13. The molecule has 0 fully saturated rings. The largest absolute Gasteiger partial charge is 0.476 e. The molecular formula is C11H19N5O3. The molecule has 8 heteroatoms. The smallest absolute Gasteiger partial charge is 0.358 e. The van der Waals surface area contributed by atoms with Gasteiger partial charge in [-0.05, 0) is 12.8 Å². The van der Waals surface area contributed by atoms with Crippen LogP contribution in [0, 0.1) is 0 Å². The van der Waals surface area contributed by atoms with E-state index in [-0.39, 0.29) is 11.6 Å². The summed E-state index contributed by atoms with van der Waals surface area (Å²) in [6.07, 6.45) is 2.42. The zero-order valence-corrected chi connectivity index (χ0v) is 11.1. The van der Waals surface area contributed by atoms with E-state index in [2.05, 4.69) is 15.6 Å². The molecule has 0 bridgehead atoms. The number of carboxylic acids is 1. The number of carbonyl (C=O) groups excluding carboxylic acids is 1. The standard InChI is InChI=1S/C11H19N5O3/c1-3-11(12,4-2)10(19)13-5-6-16-7-8(9(17)18)14-15-16/h7H,3-6,12H2,1-2H3,(H,13,19)(H,17,18). The number of hydrogen-bond donors (Lipinski definition) is 3. The Balaban J connectivity index is 2.45. The summed E-state index contributed by atoms with van der Waals surface area (Å²) in [6.45, 7) is 4.38. The lowest BCUT2D eigenvalue weighted by Gasteiger charge is -2.25. The molecule has 1 amide bonds. The molecule has 0 aliphatic carbocycles. The summed E-state index contributed by atoms with van der Waals surface area (Å²) >= 11 is 0. The Bertz CT molecular complexity index is 453. The van der Waals surface area contributed by atoms with E-state index in [1.165, 1.54) is 10.9 Å². The summed E-state index contributed by atoms with van der Waals surface area (Å²) in [6, 6.07) is 0. The summed E-state index contributed by atoms with van der Waals surface area (Å²) in [5.41, 5.74) is 4.96. The van der Waals surface area contributed by atoms with Gasteiger partial charge in [0.25, 0.3) is 0 Å². The zero-order valence-electron chi connectivity index (χ0n) is 11.1. The number of nitrogens with two attached hydrogens (primary N) is 1. The summed E-state index contributed by atoms with van der Waals surface area (Å²) in [5, 5.41) is 18.5. The molecule has 0 saturated heterocycles. The topological polar surface area (TPSA) is 123 Å². The minimum atomic E-state index is -1.13. The number of hydrogen-bond acceptors (Lipinski definition) is 5. The quantitative estimate of drug-likeness (QED) is 0.619. The van der Waals surface area contributed by atoms with E-state index >= 15 is 0 Å². The highest BCUT2D eigenvalue weighted by atomic mass is 16.4. The fourth-order valence-electron chi connectivity index (χ4n) is 1.54. The van der Waals surface area contributed by atoms with Crippen molar-refractivity contribution in [1.29, 1.82) is 0 Å². The Hall–Kier alpha value is -1.96. The van der Waals surface area contributed by atoms with Crippen molar-refractivity contribution in [1.82, 2.24) is 20.3 Å². The van der Waals surface area contributed by atoms with Crippen LogP contribution in [0.5, 0.6) is 0 Å². The average Bonchev–Trinajstić information content (AvgIpc) is 2.86. The van der Waals surface area contributed by atoms with Crippen molar-refractivity contribution in [2.45, 2.75) is 38.8 Å². The summed E-state index contributed by atoms with van der Waals surface area (Å²) in [7, 11) is 0. The highest BCUT2D eigenvalue weighted by molar-refractivity contribution is 5.86. The highest BCUT2D eigenvalue weighted by Gasteiger charge is 2.29. The van der Waals surface area contributed by atoms with Crippen LogP contribution >= 0.6 is 0 Å². The molecule has 0 aromatic carbocycles. The molecule has 0 atom stereocenters. The molecule has 1 aromatic rings. The van der Waals surface area contributed by atoms with Crippen molar-refractivity contribution in [2.75, 3.05) is 6.54 Å². The number of amides is 1. The molecule has 0 saturated carbocycles. The van der Waals surface area contributed by atoms with Gasteiger partial charge in [0.1, 0.15) is 0 Å². The van der Waals surface area contributed by atoms with Crippen LogP contribution in [0.4, 0.5) is 0 Å². The number of nitrogens with zero attached hydrogens (tertiary/aromatic N) is 3. The van der Waals surface area contributed by atoms with Crippen molar-refractivity contribution in [2.24, 2.45) is 5.73 Å². The second kappa shape index (κ2) is 6.28. The number of aromatic carboxylic acids is 1. The third-order valence-corrected chi connectivity index (χ3v) is 3.10. The lowest BCUT2D eigenvalue weighted by atomic mass is 9.93. The lowest BCUT2D eigenvalue weighted by Crippen LogP contribution is -2.53. The van der Waals surface area contributed by atoms with Crippen LogP contribution in [0.1, 0.15) is 37.2 Å². The second-order valence-electron chi connectivity index (χ2n) is 4.29. The first-order chi connectivity index (χ1) is 8.92. The molecule has 0 aliphatic heterocycles. The summed E-state index contributed by atoms with van der Waals surface area (Å²) < 4.78 is 1.36. The van der Waals surface area contributed by atoms with Crippen LogP contribution in [0.2, 0.25) is 0 Å². The fraction of sp³-hybridized carbons (Fsp3) is 0.636. The normalized spacial score (nSPS) is 11.3. The van der Waals surface area contributed by atoms with Crippen LogP contribution in [0.25, 0.3) is 0 Å². The number of carbonyl (C=O) groups is 2. The molecule has 0 unspecified atom stereocenters. The zero-order chi connectivity index (χ0) is 14.5. The Morgan fingerprint density at radius 3 is 2.58 bits per heavy atom. The molecule has 1 heterocycles. The van der Waals surface area contributed by atoms with E-state index in [4.69, 9.17) is 10.8 Å². The van der Waals surface area contributed by atoms with Gasteiger partial charge in [-0.1, -0.05) is 19.1 Å². The van der Waals surface area contributed by atoms with Gasteiger partial charge in [-0.15, -0.1) is 5.10 Å². The molecule has 1 rings (SSSR count). The minimum absolute atomic E-state index is 0.124. The van der Waals surface area contributed by atoms with Gasteiger partial charge >= 0.3 is 5.97 Å². The molecule has 19 heavy (non-hydrogen) atoms. The van der Waals surface area contributed by atoms with Crippen LogP contribution < -0.4 is 11.1 Å². The van der Waals surface area contributed by atoms with Crippen LogP contribution in [-0.2, 0) is 11.3 Å². The van der Waals surface area contributed by atoms with Gasteiger partial charge in [0.2, 0.25) is 5.91 Å². The van der Waals surface area contributed by atoms with E-state index < -0.39 is 11.5 Å². The number of nitrogens with one attached hydrogen (secondary N) is 1. The van der Waals surface area contributed by atoms with Crippen LogP contribution in [0.15, 0.2) is 6.20 Å². The van der Waals surface area contributed by atoms with Crippen molar-refractivity contribution in [3.63, 3.8) is 0 Å². The van der Waals surface area contributed by atoms with Gasteiger partial charge in [-0.3, -0.25) is 4.79 Å². The maximum absolute atomic E-state index is 11.9. The van der Waals surface area contributed by atoms with E-state index in [1.54, 1.807) is 0 Å². The lowest BCUT2D eigenvalue weighted by molar-refractivity contribution is -0.126. The van der Waals surface area contributed by atoms with Gasteiger partial charge in [0.15, 0.2) is 5.69 Å². The van der Waals surface area contributed by atoms with E-state index in [0.29, 0.717) is 25.9 Å². The molecule has 0 aliphatic rings. The third kappa shape index (κ3) is 3.75. The first kappa shape index (κ1) is 15.1. The van der Waals surface area contributed by atoms with Crippen LogP contribution in [0.3, 0.4) is 0 Å². The SMILES string of the molecule is CCC(N)(CC)C(=O)NCCn1cc(C(=O)O)nn1. The third-order valence-electron chi connectivity index (χ3n) is 3.10. The Morgan fingerprint density at radius 1 is 1.47 bits per heavy atom. The number of carboxylic acid groups (broad SMARTS) is 1. The Kier molecular flexibility index (Phi) is 4.99. The predicted octanol–water partition coefficient (Wildman–Crippen LogP) is -0.390. The van der Waals surface area contributed by atoms with Gasteiger partial charge in [0.05, 0.1) is 18.3 Å². The molecule has 0 spiro atoms. The molecule has 1 aromatic heterocycles. The second-order valence-corrected chi connectivity index (χ2v) is 4.29. The first-order valence-electron chi connectivity index (χ1n) is 6.13. The highest BCUT2D eigenvalue weighted by Crippen LogP contribution is 2.10. The van der Waals surface area contributed by atoms with Gasteiger partial charge in [-0.2, -0.15) is 0 Å². The minimum Gasteiger partial charge on any atom is -0.476 e. The average molecular weight is 269 g/mol. The van der Waals surface area contributed by atoms with Crippen molar-refractivity contribution >= 4 is 11.9 Å². The number of rotatable bonds is 7. The molecular weight excluding hydrogens is 250 g/mol. The predicted molar refractivity (Wildman–Crippen MR) is 67.5 cm³/mol. The van der Waals surface area contributed by atoms with Crippen LogP contribution in [-0.4, -0.2) is 44.1 Å². The van der Waals surface area contributed by atoms with E-state index in [0.717, 1.165) is 0 Å². The Labute approximate surface area is 111 Å². The molecule has 0 radical (unpaired) electrons. The number of aromatic nitrogens is 3. The van der Waals surface area contributed by atoms with Crippen molar-refractivity contribution in [3.8, 4) is 0 Å². The fourth-order valence-corrected chi connectivity index (χ4v) is 1.54. The van der Waals surface area contributed by atoms with Gasteiger partial charge < -0.3 is 16.2 Å². The van der Waals surface area contributed by atoms with Gasteiger partial charge in [0, 0.05) is 6.54 Å².